The SMILES string of the molecule is Cc1c(O)c(O)cc2c1CC=C1C2(C)CCC2(C)C3CC(C)(C(=O)O)CCC3(C)CCC12C.O=C(CCCN1CCC(O)(c2ccc(Cl)cc2)CC1)c1ccc(F)cc1. The van der Waals surface area contributed by atoms with E-state index in [9.17, 15) is 34.4 Å². The van der Waals surface area contributed by atoms with E-state index in [1.807, 2.05) is 44.2 Å². The highest BCUT2D eigenvalue weighted by molar-refractivity contribution is 6.30. The first-order valence-corrected chi connectivity index (χ1v) is 22.0. The van der Waals surface area contributed by atoms with Crippen molar-refractivity contribution in [1.29, 1.82) is 0 Å². The van der Waals surface area contributed by atoms with Gasteiger partial charge in [-0.1, -0.05) is 63.1 Å². The minimum Gasteiger partial charge on any atom is -0.504 e. The lowest BCUT2D eigenvalue weighted by molar-refractivity contribution is -0.177. The van der Waals surface area contributed by atoms with E-state index in [0.29, 0.717) is 35.8 Å². The van der Waals surface area contributed by atoms with E-state index in [-0.39, 0.29) is 44.8 Å². The molecule has 59 heavy (non-hydrogen) atoms. The van der Waals surface area contributed by atoms with E-state index in [4.69, 9.17) is 11.6 Å². The molecule has 0 radical (unpaired) electrons. The lowest BCUT2D eigenvalue weighted by Gasteiger charge is -2.69. The molecule has 4 aliphatic carbocycles. The van der Waals surface area contributed by atoms with Crippen molar-refractivity contribution in [3.8, 4) is 11.5 Å². The summed E-state index contributed by atoms with van der Waals surface area (Å²) in [6.07, 6.45) is 12.6. The molecule has 4 N–H and O–H groups in total. The number of carbonyl (C=O) groups is 2. The number of Topliss-reactive ketones (excluding diaryl/α,β-unsaturated/α-hetero) is 1. The maximum Gasteiger partial charge on any atom is 0.309 e. The van der Waals surface area contributed by atoms with E-state index < -0.39 is 17.0 Å². The number of phenols is 2. The molecule has 3 saturated carbocycles. The molecule has 3 aromatic rings. The number of benzene rings is 3. The second-order valence-corrected chi connectivity index (χ2v) is 20.4. The molecule has 8 rings (SSSR count). The molecule has 318 valence electrons. The second-order valence-electron chi connectivity index (χ2n) is 20.0. The van der Waals surface area contributed by atoms with Gasteiger partial charge in [-0.3, -0.25) is 9.59 Å². The number of aliphatic carboxylic acids is 1. The standard InChI is InChI=1S/C29H40O4.C21H23ClFNO2/c1-17-18-7-8-21-27(4,19(18)15-20(30)23(17)31)12-14-29(6)22-16-26(3,24(32)33)10-9-25(22,2)11-13-28(21,29)5;22-18-7-5-17(6-8-18)21(26)11-14-24(15-12-21)13-1-2-20(25)16-3-9-19(23)10-4-16/h8,15,22,30-31H,7,9-14,16H2,1-6H3,(H,32,33);3-10,26H,1-2,11-15H2. The van der Waals surface area contributed by atoms with E-state index in [2.05, 4.69) is 38.7 Å². The number of aromatic hydroxyl groups is 2. The van der Waals surface area contributed by atoms with Gasteiger partial charge in [0.05, 0.1) is 11.0 Å². The van der Waals surface area contributed by atoms with Gasteiger partial charge in [0, 0.05) is 35.5 Å². The van der Waals surface area contributed by atoms with E-state index in [0.717, 1.165) is 94.1 Å². The summed E-state index contributed by atoms with van der Waals surface area (Å²) < 4.78 is 12.9. The summed E-state index contributed by atoms with van der Waals surface area (Å²) in [6, 6.07) is 14.9. The second kappa shape index (κ2) is 15.6. The number of phenolic OH excluding ortho intramolecular Hbond substituents is 2. The summed E-state index contributed by atoms with van der Waals surface area (Å²) in [7, 11) is 0. The molecular formula is C50H63ClFNO6. The van der Waals surface area contributed by atoms with Gasteiger partial charge >= 0.3 is 5.97 Å². The molecule has 7 nitrogen and oxygen atoms in total. The number of carboxylic acids is 1. The van der Waals surface area contributed by atoms with Crippen LogP contribution in [0.3, 0.4) is 0 Å². The number of carbonyl (C=O) groups excluding carboxylic acids is 1. The Balaban J connectivity index is 0.000000185. The van der Waals surface area contributed by atoms with Crippen LogP contribution in [0.2, 0.25) is 5.02 Å². The molecule has 0 bridgehead atoms. The summed E-state index contributed by atoms with van der Waals surface area (Å²) in [4.78, 5) is 26.7. The summed E-state index contributed by atoms with van der Waals surface area (Å²) in [5.74, 6) is -0.571. The van der Waals surface area contributed by atoms with Crippen molar-refractivity contribution in [3.63, 3.8) is 0 Å². The number of aliphatic hydroxyl groups is 1. The zero-order chi connectivity index (χ0) is 42.8. The molecular weight excluding hydrogens is 765 g/mol. The van der Waals surface area contributed by atoms with Gasteiger partial charge in [0.15, 0.2) is 17.3 Å². The zero-order valence-electron chi connectivity index (χ0n) is 35.8. The Hall–Kier alpha value is -3.72. The van der Waals surface area contributed by atoms with Crippen molar-refractivity contribution in [1.82, 2.24) is 4.90 Å². The Morgan fingerprint density at radius 2 is 1.51 bits per heavy atom. The Kier molecular flexibility index (Phi) is 11.5. The third-order valence-electron chi connectivity index (χ3n) is 16.7. The van der Waals surface area contributed by atoms with Crippen LogP contribution >= 0.6 is 11.6 Å². The quantitative estimate of drug-likeness (QED) is 0.106. The lowest BCUT2D eigenvalue weighted by atomic mass is 9.34. The monoisotopic (exact) mass is 827 g/mol. The predicted molar refractivity (Wildman–Crippen MR) is 231 cm³/mol. The third-order valence-corrected chi connectivity index (χ3v) is 16.9. The minimum atomic E-state index is -0.801. The fourth-order valence-electron chi connectivity index (χ4n) is 12.3. The molecule has 5 aliphatic rings. The predicted octanol–water partition coefficient (Wildman–Crippen LogP) is 11.1. The smallest absolute Gasteiger partial charge is 0.309 e. The van der Waals surface area contributed by atoms with Gasteiger partial charge in [-0.05, 0) is 178 Å². The molecule has 1 saturated heterocycles. The van der Waals surface area contributed by atoms with Crippen LogP contribution in [0.15, 0.2) is 66.2 Å². The van der Waals surface area contributed by atoms with Crippen LogP contribution in [0.5, 0.6) is 11.5 Å². The number of halogens is 2. The number of nitrogens with zero attached hydrogens (tertiary/aromatic N) is 1. The van der Waals surface area contributed by atoms with Crippen LogP contribution < -0.4 is 0 Å². The molecule has 3 aromatic carbocycles. The highest BCUT2D eigenvalue weighted by Gasteiger charge is 2.67. The molecule has 1 heterocycles. The van der Waals surface area contributed by atoms with Crippen LogP contribution in [0, 0.1) is 40.3 Å². The molecule has 6 atom stereocenters. The van der Waals surface area contributed by atoms with Crippen molar-refractivity contribution in [2.75, 3.05) is 19.6 Å². The average Bonchev–Trinajstić information content (AvgIpc) is 3.20. The molecule has 0 aromatic heterocycles. The van der Waals surface area contributed by atoms with Gasteiger partial charge in [-0.25, -0.2) is 4.39 Å². The van der Waals surface area contributed by atoms with Crippen LogP contribution in [0.1, 0.15) is 138 Å². The largest absolute Gasteiger partial charge is 0.504 e. The first-order chi connectivity index (χ1) is 27.7. The van der Waals surface area contributed by atoms with Crippen LogP contribution in [-0.2, 0) is 22.2 Å². The third kappa shape index (κ3) is 7.54. The number of piperidine rings is 1. The molecule has 0 spiro atoms. The van der Waals surface area contributed by atoms with Crippen LogP contribution in [0.4, 0.5) is 4.39 Å². The van der Waals surface area contributed by atoms with Gasteiger partial charge in [-0.2, -0.15) is 0 Å². The average molecular weight is 829 g/mol. The van der Waals surface area contributed by atoms with Gasteiger partial charge in [0.1, 0.15) is 5.82 Å². The van der Waals surface area contributed by atoms with Crippen LogP contribution in [-0.4, -0.2) is 56.7 Å². The minimum absolute atomic E-state index is 0.00431. The normalized spacial score (nSPS) is 32.2. The number of fused-ring (bicyclic) bond motifs is 7. The molecule has 0 amide bonds. The lowest BCUT2D eigenvalue weighted by Crippen LogP contribution is -2.62. The Labute approximate surface area is 354 Å². The van der Waals surface area contributed by atoms with Crippen molar-refractivity contribution in [2.24, 2.45) is 27.6 Å². The Morgan fingerprint density at radius 3 is 2.15 bits per heavy atom. The van der Waals surface area contributed by atoms with Crippen molar-refractivity contribution in [3.05, 3.63) is 105 Å². The fourth-order valence-corrected chi connectivity index (χ4v) is 12.5. The van der Waals surface area contributed by atoms with Crippen molar-refractivity contribution < 1.29 is 34.4 Å². The number of rotatable bonds is 7. The van der Waals surface area contributed by atoms with Crippen molar-refractivity contribution in [2.45, 2.75) is 130 Å². The number of ketones is 1. The van der Waals surface area contributed by atoms with Crippen LogP contribution in [0.25, 0.3) is 0 Å². The Bertz CT molecular complexity index is 2130. The van der Waals surface area contributed by atoms with Gasteiger partial charge in [-0.15, -0.1) is 0 Å². The van der Waals surface area contributed by atoms with Gasteiger partial charge in [0.2, 0.25) is 0 Å². The maximum absolute atomic E-state index is 12.9. The summed E-state index contributed by atoms with van der Waals surface area (Å²) in [5, 5.41) is 42.5. The zero-order valence-corrected chi connectivity index (χ0v) is 36.5. The molecule has 4 fully saturated rings. The van der Waals surface area contributed by atoms with Crippen molar-refractivity contribution >= 4 is 23.4 Å². The number of hydrogen-bond donors (Lipinski definition) is 4. The van der Waals surface area contributed by atoms with E-state index >= 15 is 0 Å². The highest BCUT2D eigenvalue weighted by Crippen LogP contribution is 2.74. The summed E-state index contributed by atoms with van der Waals surface area (Å²) >= 11 is 5.92. The number of allylic oxidation sites excluding steroid dienone is 2. The maximum atomic E-state index is 12.9. The van der Waals surface area contributed by atoms with Gasteiger partial charge in [0.25, 0.3) is 0 Å². The topological polar surface area (TPSA) is 118 Å². The number of carboxylic acid groups (broad SMARTS) is 1. The highest BCUT2D eigenvalue weighted by atomic mass is 35.5. The first-order valence-electron chi connectivity index (χ1n) is 21.7. The number of likely N-dealkylation sites (tertiary alicyclic amines) is 1. The molecule has 1 aliphatic heterocycles. The van der Waals surface area contributed by atoms with E-state index in [1.54, 1.807) is 0 Å². The fraction of sp³-hybridized carbons (Fsp3) is 0.560. The molecule has 6 unspecified atom stereocenters. The summed E-state index contributed by atoms with van der Waals surface area (Å²) in [6.45, 7) is 15.9. The summed E-state index contributed by atoms with van der Waals surface area (Å²) in [5.41, 5.74) is 4.67. The first kappa shape index (κ1) is 43.4. The number of hydrogen-bond acceptors (Lipinski definition) is 6. The van der Waals surface area contributed by atoms with Gasteiger partial charge < -0.3 is 25.3 Å². The Morgan fingerprint density at radius 1 is 0.864 bits per heavy atom. The van der Waals surface area contributed by atoms with E-state index in [1.165, 1.54) is 35.4 Å². The molecule has 9 heteroatoms.